The molecular weight excluding hydrogens is 286 g/mol. The highest BCUT2D eigenvalue weighted by Gasteiger charge is 2.27. The van der Waals surface area contributed by atoms with E-state index in [0.29, 0.717) is 18.9 Å². The van der Waals surface area contributed by atoms with Crippen molar-refractivity contribution in [3.05, 3.63) is 48.7 Å². The molecule has 3 rings (SSSR count). The Kier molecular flexibility index (Phi) is 3.90. The molecule has 5 nitrogen and oxygen atoms in total. The predicted octanol–water partition coefficient (Wildman–Crippen LogP) is 2.61. The number of hydrogen-bond acceptors (Lipinski definition) is 4. The van der Waals surface area contributed by atoms with Crippen molar-refractivity contribution >= 4 is 21.5 Å². The lowest BCUT2D eigenvalue weighted by molar-refractivity contribution is 0.477. The summed E-state index contributed by atoms with van der Waals surface area (Å²) in [5.41, 5.74) is 0.917. The Hall–Kier alpha value is -1.92. The summed E-state index contributed by atoms with van der Waals surface area (Å²) in [5, 5.41) is 3.13. The van der Waals surface area contributed by atoms with Gasteiger partial charge in [-0.15, -0.1) is 0 Å². The monoisotopic (exact) mass is 303 g/mol. The molecule has 6 heteroatoms. The van der Waals surface area contributed by atoms with Gasteiger partial charge < -0.3 is 5.32 Å². The van der Waals surface area contributed by atoms with E-state index in [0.717, 1.165) is 18.5 Å². The Labute approximate surface area is 124 Å². The van der Waals surface area contributed by atoms with Crippen LogP contribution in [0, 0.1) is 0 Å². The SMILES string of the molecule is O=S(=O)(c1ccc(Nc2ccccc2)nc1)N1CCCC1. The standard InChI is InChI=1S/C15H17N3O2S/c19-21(20,18-10-4-5-11-18)14-8-9-15(16-12-14)17-13-6-2-1-3-7-13/h1-3,6-9,12H,4-5,10-11H2,(H,16,17). The minimum atomic E-state index is -3.39. The van der Waals surface area contributed by atoms with Gasteiger partial charge in [-0.1, -0.05) is 18.2 Å². The van der Waals surface area contributed by atoms with Crippen LogP contribution >= 0.6 is 0 Å². The fourth-order valence-corrected chi connectivity index (χ4v) is 3.82. The Morgan fingerprint density at radius 2 is 1.71 bits per heavy atom. The number of nitrogens with zero attached hydrogens (tertiary/aromatic N) is 2. The van der Waals surface area contributed by atoms with Gasteiger partial charge in [0.25, 0.3) is 0 Å². The van der Waals surface area contributed by atoms with Crippen LogP contribution in [0.25, 0.3) is 0 Å². The Balaban J connectivity index is 1.78. The van der Waals surface area contributed by atoms with E-state index in [9.17, 15) is 8.42 Å². The van der Waals surface area contributed by atoms with Crippen molar-refractivity contribution in [2.75, 3.05) is 18.4 Å². The van der Waals surface area contributed by atoms with Gasteiger partial charge in [0.05, 0.1) is 0 Å². The molecule has 1 saturated heterocycles. The zero-order valence-corrected chi connectivity index (χ0v) is 12.4. The highest BCUT2D eigenvalue weighted by atomic mass is 32.2. The van der Waals surface area contributed by atoms with E-state index in [4.69, 9.17) is 0 Å². The van der Waals surface area contributed by atoms with Gasteiger partial charge in [0.2, 0.25) is 10.0 Å². The number of sulfonamides is 1. The summed E-state index contributed by atoms with van der Waals surface area (Å²) in [6.45, 7) is 1.21. The third-order valence-corrected chi connectivity index (χ3v) is 5.37. The molecule has 1 fully saturated rings. The van der Waals surface area contributed by atoms with E-state index in [-0.39, 0.29) is 4.90 Å². The molecule has 0 saturated carbocycles. The van der Waals surface area contributed by atoms with Gasteiger partial charge in [0.1, 0.15) is 10.7 Å². The van der Waals surface area contributed by atoms with E-state index in [1.54, 1.807) is 12.1 Å². The third kappa shape index (κ3) is 3.06. The summed E-state index contributed by atoms with van der Waals surface area (Å²) < 4.78 is 26.3. The second-order valence-electron chi connectivity index (χ2n) is 4.98. The molecule has 0 spiro atoms. The summed E-state index contributed by atoms with van der Waals surface area (Å²) >= 11 is 0. The van der Waals surface area contributed by atoms with Gasteiger partial charge >= 0.3 is 0 Å². The number of rotatable bonds is 4. The number of anilines is 2. The first kappa shape index (κ1) is 14.0. The third-order valence-electron chi connectivity index (χ3n) is 3.49. The van der Waals surface area contributed by atoms with Crippen LogP contribution in [-0.2, 0) is 10.0 Å². The minimum absolute atomic E-state index is 0.253. The summed E-state index contributed by atoms with van der Waals surface area (Å²) in [4.78, 5) is 4.45. The van der Waals surface area contributed by atoms with E-state index in [1.807, 2.05) is 30.3 Å². The Morgan fingerprint density at radius 3 is 2.33 bits per heavy atom. The largest absolute Gasteiger partial charge is 0.340 e. The minimum Gasteiger partial charge on any atom is -0.340 e. The van der Waals surface area contributed by atoms with Gasteiger partial charge in [0.15, 0.2) is 0 Å². The van der Waals surface area contributed by atoms with Gasteiger partial charge in [-0.3, -0.25) is 0 Å². The normalized spacial score (nSPS) is 16.0. The molecule has 0 aliphatic carbocycles. The lowest BCUT2D eigenvalue weighted by Gasteiger charge is -2.15. The molecule has 0 amide bonds. The van der Waals surface area contributed by atoms with Crippen LogP contribution in [-0.4, -0.2) is 30.8 Å². The second-order valence-corrected chi connectivity index (χ2v) is 6.92. The smallest absolute Gasteiger partial charge is 0.244 e. The summed E-state index contributed by atoms with van der Waals surface area (Å²) in [6.07, 6.45) is 3.28. The molecule has 0 radical (unpaired) electrons. The number of para-hydroxylation sites is 1. The zero-order valence-electron chi connectivity index (χ0n) is 11.6. The van der Waals surface area contributed by atoms with Crippen LogP contribution in [0.15, 0.2) is 53.6 Å². The second kappa shape index (κ2) is 5.83. The maximum Gasteiger partial charge on any atom is 0.244 e. The molecule has 1 aliphatic heterocycles. The molecule has 2 aromatic rings. The number of pyridine rings is 1. The molecule has 1 aliphatic rings. The first-order valence-corrected chi connectivity index (χ1v) is 8.38. The number of hydrogen-bond donors (Lipinski definition) is 1. The average molecular weight is 303 g/mol. The Morgan fingerprint density at radius 1 is 1.00 bits per heavy atom. The van der Waals surface area contributed by atoms with Crippen molar-refractivity contribution < 1.29 is 8.42 Å². The van der Waals surface area contributed by atoms with Crippen molar-refractivity contribution in [2.24, 2.45) is 0 Å². The van der Waals surface area contributed by atoms with E-state index in [2.05, 4.69) is 10.3 Å². The van der Waals surface area contributed by atoms with Gasteiger partial charge in [0, 0.05) is 25.0 Å². The maximum absolute atomic E-state index is 12.4. The van der Waals surface area contributed by atoms with Crippen LogP contribution in [0.1, 0.15) is 12.8 Å². The predicted molar refractivity (Wildman–Crippen MR) is 82.0 cm³/mol. The Bertz CT molecular complexity index is 693. The molecule has 0 unspecified atom stereocenters. The van der Waals surface area contributed by atoms with E-state index in [1.165, 1.54) is 10.5 Å². The van der Waals surface area contributed by atoms with Crippen LogP contribution in [0.4, 0.5) is 11.5 Å². The van der Waals surface area contributed by atoms with Crippen molar-refractivity contribution in [3.63, 3.8) is 0 Å². The summed E-state index contributed by atoms with van der Waals surface area (Å²) in [7, 11) is -3.39. The molecule has 0 bridgehead atoms. The van der Waals surface area contributed by atoms with Gasteiger partial charge in [-0.25, -0.2) is 13.4 Å². The van der Waals surface area contributed by atoms with Crippen molar-refractivity contribution in [1.82, 2.24) is 9.29 Å². The molecule has 21 heavy (non-hydrogen) atoms. The first-order valence-electron chi connectivity index (χ1n) is 6.94. The molecule has 0 atom stereocenters. The number of nitrogens with one attached hydrogen (secondary N) is 1. The molecule has 2 heterocycles. The maximum atomic E-state index is 12.4. The summed E-state index contributed by atoms with van der Waals surface area (Å²) in [5.74, 6) is 0.626. The van der Waals surface area contributed by atoms with Crippen LogP contribution < -0.4 is 5.32 Å². The summed E-state index contributed by atoms with van der Waals surface area (Å²) in [6, 6.07) is 12.9. The molecule has 1 aromatic heterocycles. The lowest BCUT2D eigenvalue weighted by Crippen LogP contribution is -2.27. The van der Waals surface area contributed by atoms with E-state index >= 15 is 0 Å². The molecule has 1 aromatic carbocycles. The quantitative estimate of drug-likeness (QED) is 0.943. The average Bonchev–Trinajstić information content (AvgIpc) is 3.04. The van der Waals surface area contributed by atoms with Crippen molar-refractivity contribution in [3.8, 4) is 0 Å². The van der Waals surface area contributed by atoms with Gasteiger partial charge in [-0.05, 0) is 37.1 Å². The lowest BCUT2D eigenvalue weighted by atomic mass is 10.3. The zero-order chi connectivity index (χ0) is 14.7. The van der Waals surface area contributed by atoms with Crippen LogP contribution in [0.2, 0.25) is 0 Å². The molecule has 110 valence electrons. The molecule has 1 N–H and O–H groups in total. The molecular formula is C15H17N3O2S. The van der Waals surface area contributed by atoms with Gasteiger partial charge in [-0.2, -0.15) is 4.31 Å². The van der Waals surface area contributed by atoms with Crippen molar-refractivity contribution in [2.45, 2.75) is 17.7 Å². The highest BCUT2D eigenvalue weighted by Crippen LogP contribution is 2.21. The number of aromatic nitrogens is 1. The fourth-order valence-electron chi connectivity index (χ4n) is 2.35. The van der Waals surface area contributed by atoms with E-state index < -0.39 is 10.0 Å². The fraction of sp³-hybridized carbons (Fsp3) is 0.267. The number of benzene rings is 1. The van der Waals surface area contributed by atoms with Crippen LogP contribution in [0.5, 0.6) is 0 Å². The first-order chi connectivity index (χ1) is 10.2. The van der Waals surface area contributed by atoms with Crippen molar-refractivity contribution in [1.29, 1.82) is 0 Å². The highest BCUT2D eigenvalue weighted by molar-refractivity contribution is 7.89. The topological polar surface area (TPSA) is 62.3 Å². The van der Waals surface area contributed by atoms with Crippen LogP contribution in [0.3, 0.4) is 0 Å².